The van der Waals surface area contributed by atoms with Crippen LogP contribution in [0.25, 0.3) is 0 Å². The fourth-order valence-electron chi connectivity index (χ4n) is 2.39. The van der Waals surface area contributed by atoms with Crippen molar-refractivity contribution < 1.29 is 9.84 Å². The fourth-order valence-corrected chi connectivity index (χ4v) is 2.80. The van der Waals surface area contributed by atoms with Gasteiger partial charge in [-0.1, -0.05) is 34.1 Å². The largest absolute Gasteiger partial charge is 0.396 e. The molecule has 3 nitrogen and oxygen atoms in total. The summed E-state index contributed by atoms with van der Waals surface area (Å²) in [6.45, 7) is 9.88. The fraction of sp³-hybridized carbons (Fsp3) is 0.625. The zero-order valence-corrected chi connectivity index (χ0v) is 14.1. The SMILES string of the molecule is CC(C)(C)N(Cc1ccccc1Br)CC1(CO)COC1. The number of benzene rings is 1. The second-order valence-electron chi connectivity index (χ2n) is 6.77. The minimum absolute atomic E-state index is 0.0487. The molecule has 1 heterocycles. The molecule has 0 atom stereocenters. The molecule has 1 aliphatic rings. The zero-order valence-electron chi connectivity index (χ0n) is 12.5. The summed E-state index contributed by atoms with van der Waals surface area (Å²) in [6, 6.07) is 8.31. The zero-order chi connectivity index (χ0) is 14.8. The van der Waals surface area contributed by atoms with E-state index < -0.39 is 0 Å². The molecular formula is C16H24BrNO2. The highest BCUT2D eigenvalue weighted by atomic mass is 79.9. The van der Waals surface area contributed by atoms with Gasteiger partial charge in [-0.2, -0.15) is 0 Å². The standard InChI is InChI=1S/C16H24BrNO2/c1-15(2,3)18(9-16(10-19)11-20-12-16)8-13-6-4-5-7-14(13)17/h4-7,19H,8-12H2,1-3H3. The Bertz CT molecular complexity index is 447. The van der Waals surface area contributed by atoms with E-state index in [0.717, 1.165) is 17.6 Å². The minimum atomic E-state index is -0.0888. The van der Waals surface area contributed by atoms with Gasteiger partial charge < -0.3 is 9.84 Å². The number of aliphatic hydroxyl groups is 1. The summed E-state index contributed by atoms with van der Waals surface area (Å²) in [5.74, 6) is 0. The van der Waals surface area contributed by atoms with Crippen molar-refractivity contribution >= 4 is 15.9 Å². The molecule has 1 aromatic carbocycles. The van der Waals surface area contributed by atoms with Gasteiger partial charge in [0.2, 0.25) is 0 Å². The molecule has 1 N–H and O–H groups in total. The van der Waals surface area contributed by atoms with Crippen molar-refractivity contribution in [1.82, 2.24) is 4.90 Å². The van der Waals surface area contributed by atoms with E-state index in [9.17, 15) is 5.11 Å². The first kappa shape index (κ1) is 16.0. The molecule has 2 rings (SSSR count). The quantitative estimate of drug-likeness (QED) is 0.893. The molecule has 20 heavy (non-hydrogen) atoms. The molecule has 112 valence electrons. The summed E-state index contributed by atoms with van der Waals surface area (Å²) in [5.41, 5.74) is 1.23. The first-order valence-corrected chi connectivity index (χ1v) is 7.83. The van der Waals surface area contributed by atoms with Crippen LogP contribution in [-0.4, -0.2) is 41.9 Å². The predicted molar refractivity (Wildman–Crippen MR) is 84.6 cm³/mol. The second kappa shape index (κ2) is 6.14. The lowest BCUT2D eigenvalue weighted by Crippen LogP contribution is -2.56. The van der Waals surface area contributed by atoms with Crippen LogP contribution >= 0.6 is 15.9 Å². The van der Waals surface area contributed by atoms with Crippen molar-refractivity contribution in [2.45, 2.75) is 32.9 Å². The lowest BCUT2D eigenvalue weighted by Gasteiger charge is -2.47. The summed E-state index contributed by atoms with van der Waals surface area (Å²) in [7, 11) is 0. The van der Waals surface area contributed by atoms with E-state index in [1.807, 2.05) is 6.07 Å². The average molecular weight is 342 g/mol. The summed E-state index contributed by atoms with van der Waals surface area (Å²) >= 11 is 3.62. The number of hydrogen-bond donors (Lipinski definition) is 1. The molecule has 0 unspecified atom stereocenters. The van der Waals surface area contributed by atoms with E-state index in [1.165, 1.54) is 5.56 Å². The third-order valence-electron chi connectivity index (χ3n) is 3.95. The van der Waals surface area contributed by atoms with Crippen molar-refractivity contribution in [3.8, 4) is 0 Å². The summed E-state index contributed by atoms with van der Waals surface area (Å²) < 4.78 is 6.46. The van der Waals surface area contributed by atoms with Crippen molar-refractivity contribution in [2.24, 2.45) is 5.41 Å². The number of ether oxygens (including phenoxy) is 1. The Morgan fingerprint density at radius 2 is 1.95 bits per heavy atom. The molecule has 4 heteroatoms. The van der Waals surface area contributed by atoms with Crippen molar-refractivity contribution in [3.05, 3.63) is 34.3 Å². The van der Waals surface area contributed by atoms with Crippen molar-refractivity contribution in [1.29, 1.82) is 0 Å². The maximum absolute atomic E-state index is 9.66. The maximum atomic E-state index is 9.66. The number of aliphatic hydroxyl groups excluding tert-OH is 1. The molecule has 0 aliphatic carbocycles. The van der Waals surface area contributed by atoms with Gasteiger partial charge in [-0.15, -0.1) is 0 Å². The molecular weight excluding hydrogens is 318 g/mol. The Balaban J connectivity index is 2.15. The van der Waals surface area contributed by atoms with Gasteiger partial charge in [-0.25, -0.2) is 0 Å². The summed E-state index contributed by atoms with van der Waals surface area (Å²) in [4.78, 5) is 2.42. The Hall–Kier alpha value is -0.420. The number of hydrogen-bond acceptors (Lipinski definition) is 3. The number of rotatable bonds is 5. The van der Waals surface area contributed by atoms with Gasteiger partial charge in [0, 0.05) is 23.1 Å². The Morgan fingerprint density at radius 3 is 2.40 bits per heavy atom. The van der Waals surface area contributed by atoms with E-state index in [4.69, 9.17) is 4.74 Å². The number of nitrogens with zero attached hydrogens (tertiary/aromatic N) is 1. The highest BCUT2D eigenvalue weighted by Crippen LogP contribution is 2.32. The van der Waals surface area contributed by atoms with Crippen molar-refractivity contribution in [3.63, 3.8) is 0 Å². The Kier molecular flexibility index (Phi) is 4.90. The van der Waals surface area contributed by atoms with E-state index in [-0.39, 0.29) is 17.6 Å². The highest BCUT2D eigenvalue weighted by molar-refractivity contribution is 9.10. The van der Waals surface area contributed by atoms with E-state index in [2.05, 4.69) is 59.8 Å². The third kappa shape index (κ3) is 3.61. The van der Waals surface area contributed by atoms with Crippen LogP contribution in [0.5, 0.6) is 0 Å². The average Bonchev–Trinajstić information content (AvgIpc) is 2.33. The topological polar surface area (TPSA) is 32.7 Å². The molecule has 1 aromatic rings. The van der Waals surface area contributed by atoms with Crippen LogP contribution in [0, 0.1) is 5.41 Å². The predicted octanol–water partition coefficient (Wildman–Crippen LogP) is 3.06. The molecule has 1 aliphatic heterocycles. The van der Waals surface area contributed by atoms with Crippen LogP contribution in [0.4, 0.5) is 0 Å². The van der Waals surface area contributed by atoms with Crippen LogP contribution < -0.4 is 0 Å². The summed E-state index contributed by atoms with van der Waals surface area (Å²) in [6.07, 6.45) is 0. The van der Waals surface area contributed by atoms with Gasteiger partial charge in [0.25, 0.3) is 0 Å². The van der Waals surface area contributed by atoms with Crippen LogP contribution in [0.1, 0.15) is 26.3 Å². The van der Waals surface area contributed by atoms with Gasteiger partial charge in [0.15, 0.2) is 0 Å². The van der Waals surface area contributed by atoms with Crippen molar-refractivity contribution in [2.75, 3.05) is 26.4 Å². The molecule has 1 saturated heterocycles. The smallest absolute Gasteiger partial charge is 0.0579 e. The van der Waals surface area contributed by atoms with Gasteiger partial charge in [0.05, 0.1) is 25.2 Å². The van der Waals surface area contributed by atoms with Crippen LogP contribution in [0.2, 0.25) is 0 Å². The van der Waals surface area contributed by atoms with Gasteiger partial charge in [-0.3, -0.25) is 4.90 Å². The van der Waals surface area contributed by atoms with E-state index in [0.29, 0.717) is 13.2 Å². The first-order valence-electron chi connectivity index (χ1n) is 7.03. The molecule has 0 bridgehead atoms. The highest BCUT2D eigenvalue weighted by Gasteiger charge is 2.41. The summed E-state index contributed by atoms with van der Waals surface area (Å²) in [5, 5.41) is 9.66. The van der Waals surface area contributed by atoms with Crippen LogP contribution in [-0.2, 0) is 11.3 Å². The van der Waals surface area contributed by atoms with E-state index in [1.54, 1.807) is 0 Å². The lowest BCUT2D eigenvalue weighted by molar-refractivity contribution is -0.156. The van der Waals surface area contributed by atoms with Gasteiger partial charge >= 0.3 is 0 Å². The molecule has 1 fully saturated rings. The normalized spacial score (nSPS) is 18.1. The van der Waals surface area contributed by atoms with Crippen LogP contribution in [0.3, 0.4) is 0 Å². The molecule has 0 saturated carbocycles. The van der Waals surface area contributed by atoms with E-state index >= 15 is 0 Å². The van der Waals surface area contributed by atoms with Crippen LogP contribution in [0.15, 0.2) is 28.7 Å². The third-order valence-corrected chi connectivity index (χ3v) is 4.72. The Morgan fingerprint density at radius 1 is 1.30 bits per heavy atom. The maximum Gasteiger partial charge on any atom is 0.0579 e. The Labute approximate surface area is 130 Å². The molecule has 0 aromatic heterocycles. The number of halogens is 1. The van der Waals surface area contributed by atoms with Gasteiger partial charge in [-0.05, 0) is 32.4 Å². The molecule has 0 radical (unpaired) electrons. The molecule has 0 spiro atoms. The minimum Gasteiger partial charge on any atom is -0.396 e. The first-order chi connectivity index (χ1) is 9.36. The molecule has 0 amide bonds. The van der Waals surface area contributed by atoms with Gasteiger partial charge in [0.1, 0.15) is 0 Å². The second-order valence-corrected chi connectivity index (χ2v) is 7.62. The monoisotopic (exact) mass is 341 g/mol. The lowest BCUT2D eigenvalue weighted by atomic mass is 9.84.